The van der Waals surface area contributed by atoms with Gasteiger partial charge in [-0.15, -0.1) is 12.4 Å². The summed E-state index contributed by atoms with van der Waals surface area (Å²) in [6.45, 7) is 5.00. The van der Waals surface area contributed by atoms with Gasteiger partial charge in [-0.1, -0.05) is 52.0 Å². The zero-order valence-corrected chi connectivity index (χ0v) is 21.8. The van der Waals surface area contributed by atoms with E-state index in [0.717, 1.165) is 25.7 Å². The minimum absolute atomic E-state index is 0. The van der Waals surface area contributed by atoms with Crippen LogP contribution in [0.4, 0.5) is 0 Å². The largest absolute Gasteiger partial charge is 0.481 e. The molecule has 0 saturated heterocycles. The summed E-state index contributed by atoms with van der Waals surface area (Å²) in [6, 6.07) is 5.83. The number of hydrogen-bond donors (Lipinski definition) is 3. The molecule has 1 saturated carbocycles. The Morgan fingerprint density at radius 2 is 1.88 bits per heavy atom. The van der Waals surface area contributed by atoms with Crippen LogP contribution in [0.2, 0.25) is 0 Å². The number of fused-ring (bicyclic) bond motifs is 1. The Kier molecular flexibility index (Phi) is 10.8. The molecule has 4 N–H and O–H groups in total. The van der Waals surface area contributed by atoms with Crippen LogP contribution in [0, 0.1) is 11.8 Å². The number of nitrogens with one attached hydrogen (secondary N) is 1. The van der Waals surface area contributed by atoms with E-state index in [1.165, 1.54) is 43.2 Å². The second-order valence-electron chi connectivity index (χ2n) is 10.1. The Balaban J connectivity index is 0.00000408. The Morgan fingerprint density at radius 3 is 2.44 bits per heavy atom. The molecule has 0 aliphatic heterocycles. The van der Waals surface area contributed by atoms with Crippen LogP contribution >= 0.6 is 12.4 Å². The van der Waals surface area contributed by atoms with Crippen LogP contribution in [0.5, 0.6) is 0 Å². The lowest BCUT2D eigenvalue weighted by Gasteiger charge is -2.49. The smallest absolute Gasteiger partial charge is 0.306 e. The summed E-state index contributed by atoms with van der Waals surface area (Å²) in [6.07, 6.45) is 10.0. The van der Waals surface area contributed by atoms with E-state index in [0.29, 0.717) is 24.4 Å². The first-order valence-electron chi connectivity index (χ1n) is 12.8. The number of ether oxygens (including phenoxy) is 1. The van der Waals surface area contributed by atoms with Gasteiger partial charge in [-0.2, -0.15) is 0 Å². The van der Waals surface area contributed by atoms with Gasteiger partial charge in [0.1, 0.15) is 0 Å². The van der Waals surface area contributed by atoms with E-state index < -0.39 is 11.9 Å². The quantitative estimate of drug-likeness (QED) is 0.408. The molecule has 1 fully saturated rings. The summed E-state index contributed by atoms with van der Waals surface area (Å²) < 4.78 is 5.95. The number of rotatable bonds is 11. The van der Waals surface area contributed by atoms with Gasteiger partial charge in [-0.25, -0.2) is 0 Å². The van der Waals surface area contributed by atoms with Crippen molar-refractivity contribution < 1.29 is 19.4 Å². The number of nitrogens with two attached hydrogens (primary N) is 1. The van der Waals surface area contributed by atoms with Crippen molar-refractivity contribution in [2.24, 2.45) is 17.6 Å². The zero-order chi connectivity index (χ0) is 24.0. The molecule has 7 heteroatoms. The summed E-state index contributed by atoms with van der Waals surface area (Å²) in [7, 11) is 1.75. The van der Waals surface area contributed by atoms with Crippen LogP contribution in [-0.2, 0) is 21.4 Å². The van der Waals surface area contributed by atoms with Crippen molar-refractivity contribution in [3.8, 4) is 0 Å². The highest BCUT2D eigenvalue weighted by Gasteiger charge is 2.46. The van der Waals surface area contributed by atoms with Gasteiger partial charge in [0, 0.05) is 30.6 Å². The molecule has 0 aromatic heterocycles. The highest BCUT2D eigenvalue weighted by Crippen LogP contribution is 2.44. The highest BCUT2D eigenvalue weighted by molar-refractivity contribution is 5.93. The first kappa shape index (κ1) is 28.6. The molecule has 0 radical (unpaired) electrons. The third kappa shape index (κ3) is 6.13. The average Bonchev–Trinajstić information content (AvgIpc) is 2.83. The molecule has 0 spiro atoms. The van der Waals surface area contributed by atoms with Gasteiger partial charge in [-0.3, -0.25) is 9.59 Å². The molecule has 34 heavy (non-hydrogen) atoms. The molecule has 3 rings (SSSR count). The molecule has 0 bridgehead atoms. The Labute approximate surface area is 210 Å². The van der Waals surface area contributed by atoms with Crippen molar-refractivity contribution in [3.63, 3.8) is 0 Å². The third-order valence-electron chi connectivity index (χ3n) is 8.43. The molecular formula is C27H43ClN2O4. The fraction of sp³-hybridized carbons (Fsp3) is 0.704. The molecule has 1 aromatic carbocycles. The second kappa shape index (κ2) is 12.9. The maximum Gasteiger partial charge on any atom is 0.306 e. The van der Waals surface area contributed by atoms with Crippen LogP contribution in [-0.4, -0.2) is 42.8 Å². The number of benzene rings is 1. The highest BCUT2D eigenvalue weighted by atomic mass is 35.5. The summed E-state index contributed by atoms with van der Waals surface area (Å²) >= 11 is 0. The summed E-state index contributed by atoms with van der Waals surface area (Å²) in [4.78, 5) is 23.9. The third-order valence-corrected chi connectivity index (χ3v) is 8.43. The number of halogens is 1. The lowest BCUT2D eigenvalue weighted by molar-refractivity contribution is -0.142. The van der Waals surface area contributed by atoms with Crippen LogP contribution < -0.4 is 11.1 Å². The van der Waals surface area contributed by atoms with Gasteiger partial charge in [0.2, 0.25) is 5.91 Å². The van der Waals surface area contributed by atoms with Crippen molar-refractivity contribution in [1.29, 1.82) is 0 Å². The summed E-state index contributed by atoms with van der Waals surface area (Å²) in [5.74, 6) is -0.852. The van der Waals surface area contributed by atoms with E-state index in [4.69, 9.17) is 10.5 Å². The Hall–Kier alpha value is -1.63. The van der Waals surface area contributed by atoms with Crippen molar-refractivity contribution >= 4 is 24.3 Å². The van der Waals surface area contributed by atoms with Crippen molar-refractivity contribution in [2.75, 3.05) is 13.7 Å². The maximum absolute atomic E-state index is 12.0. The van der Waals surface area contributed by atoms with E-state index >= 15 is 0 Å². The molecule has 3 atom stereocenters. The monoisotopic (exact) mass is 494 g/mol. The number of carboxylic acid groups (broad SMARTS) is 1. The van der Waals surface area contributed by atoms with E-state index in [2.05, 4.69) is 19.2 Å². The molecular weight excluding hydrogens is 452 g/mol. The molecule has 0 unspecified atom stereocenters. The van der Waals surface area contributed by atoms with E-state index in [-0.39, 0.29) is 35.9 Å². The lowest BCUT2D eigenvalue weighted by Crippen LogP contribution is -2.59. The van der Waals surface area contributed by atoms with Crippen LogP contribution in [0.1, 0.15) is 93.1 Å². The fourth-order valence-corrected chi connectivity index (χ4v) is 6.43. The van der Waals surface area contributed by atoms with E-state index in [1.54, 1.807) is 13.2 Å². The van der Waals surface area contributed by atoms with Crippen molar-refractivity contribution in [1.82, 2.24) is 5.32 Å². The fourth-order valence-electron chi connectivity index (χ4n) is 6.43. The molecule has 2 aliphatic carbocycles. The molecule has 1 aromatic rings. The molecule has 6 nitrogen and oxygen atoms in total. The zero-order valence-electron chi connectivity index (χ0n) is 21.0. The predicted molar refractivity (Wildman–Crippen MR) is 138 cm³/mol. The topological polar surface area (TPSA) is 102 Å². The Bertz CT molecular complexity index is 821. The van der Waals surface area contributed by atoms with Crippen LogP contribution in [0.25, 0.3) is 0 Å². The maximum atomic E-state index is 12.0. The van der Waals surface area contributed by atoms with Crippen molar-refractivity contribution in [2.45, 2.75) is 95.6 Å². The van der Waals surface area contributed by atoms with Gasteiger partial charge in [0.15, 0.2) is 0 Å². The van der Waals surface area contributed by atoms with Gasteiger partial charge in [0.25, 0.3) is 0 Å². The first-order chi connectivity index (χ1) is 15.9. The molecule has 1 amide bonds. The van der Waals surface area contributed by atoms with E-state index in [9.17, 15) is 14.7 Å². The number of carboxylic acids is 1. The standard InChI is InChI=1S/C27H42N2O4.ClH/c1-4-27(5-2)22-16-20(25(28)30)12-11-19(22)17-23(33-3)24(27)29-14-13-21(26(31)32)15-18-9-7-6-8-10-18;/h11-12,16,18,21,23-24,29H,4-10,13-15,17H2,1-3H3,(H2,28,30)(H,31,32);1H/t21-,23+,24-;/m1./s1. The van der Waals surface area contributed by atoms with Gasteiger partial charge >= 0.3 is 5.97 Å². The normalized spacial score (nSPS) is 22.9. The molecule has 0 heterocycles. The van der Waals surface area contributed by atoms with Gasteiger partial charge in [0.05, 0.1) is 12.0 Å². The average molecular weight is 495 g/mol. The summed E-state index contributed by atoms with van der Waals surface area (Å²) in [5, 5.41) is 13.6. The number of primary amides is 1. The van der Waals surface area contributed by atoms with Gasteiger partial charge in [-0.05, 0) is 61.4 Å². The number of carbonyl (C=O) groups is 2. The number of hydrogen-bond acceptors (Lipinski definition) is 4. The number of methoxy groups -OCH3 is 1. The molecule has 2 aliphatic rings. The SMILES string of the molecule is CCC1(CC)c2cc(C(N)=O)ccc2C[C@H](OC)[C@H]1NCC[C@H](CC1CCCCC1)C(=O)O.Cl. The lowest BCUT2D eigenvalue weighted by atomic mass is 9.62. The second-order valence-corrected chi connectivity index (χ2v) is 10.1. The van der Waals surface area contributed by atoms with E-state index in [1.807, 2.05) is 12.1 Å². The van der Waals surface area contributed by atoms with Crippen LogP contribution in [0.15, 0.2) is 18.2 Å². The van der Waals surface area contributed by atoms with Crippen molar-refractivity contribution in [3.05, 3.63) is 34.9 Å². The predicted octanol–water partition coefficient (Wildman–Crippen LogP) is 4.86. The minimum Gasteiger partial charge on any atom is -0.481 e. The first-order valence-corrected chi connectivity index (χ1v) is 12.8. The number of amides is 1. The van der Waals surface area contributed by atoms with Gasteiger partial charge < -0.3 is 20.9 Å². The van der Waals surface area contributed by atoms with Crippen LogP contribution in [0.3, 0.4) is 0 Å². The number of aliphatic carboxylic acids is 1. The minimum atomic E-state index is -0.678. The Morgan fingerprint density at radius 1 is 1.21 bits per heavy atom. The summed E-state index contributed by atoms with van der Waals surface area (Å²) in [5.41, 5.74) is 8.29. The number of carbonyl (C=O) groups excluding carboxylic acids is 1. The molecule has 192 valence electrons.